The molecule has 0 spiro atoms. The fourth-order valence-corrected chi connectivity index (χ4v) is 4.76. The Kier molecular flexibility index (Phi) is 6.61. The number of carbonyl (C=O) groups is 1. The topological polar surface area (TPSA) is 124 Å². The highest BCUT2D eigenvalue weighted by molar-refractivity contribution is 7.92. The molecule has 12 heteroatoms. The predicted molar refractivity (Wildman–Crippen MR) is 118 cm³/mol. The van der Waals surface area contributed by atoms with E-state index in [1.54, 1.807) is 18.2 Å². The van der Waals surface area contributed by atoms with Crippen LogP contribution < -0.4 is 19.1 Å². The fourth-order valence-electron chi connectivity index (χ4n) is 3.15. The number of aromatic nitrogens is 2. The number of rotatable bonds is 9. The van der Waals surface area contributed by atoms with Crippen molar-refractivity contribution in [3.8, 4) is 22.2 Å². The van der Waals surface area contributed by atoms with Gasteiger partial charge in [0.25, 0.3) is 0 Å². The van der Waals surface area contributed by atoms with Crippen molar-refractivity contribution < 1.29 is 27.2 Å². The predicted octanol–water partition coefficient (Wildman–Crippen LogP) is 2.43. The number of nitrogens with one attached hydrogen (secondary N) is 1. The Bertz CT molecular complexity index is 1180. The van der Waals surface area contributed by atoms with Crippen LogP contribution in [0.4, 0.5) is 5.69 Å². The number of ether oxygens (including phenoxy) is 2. The second-order valence-corrected chi connectivity index (χ2v) is 9.89. The summed E-state index contributed by atoms with van der Waals surface area (Å²) in [7, 11) is -3.54. The van der Waals surface area contributed by atoms with Gasteiger partial charge in [0.1, 0.15) is 13.2 Å². The largest absolute Gasteiger partial charge is 0.486 e. The molecule has 1 aromatic carbocycles. The number of anilines is 1. The molecular formula is C20H22N4O6S2. The van der Waals surface area contributed by atoms with Crippen molar-refractivity contribution >= 4 is 33.0 Å². The number of benzene rings is 1. The molecule has 3 aromatic rings. The quantitative estimate of drug-likeness (QED) is 0.497. The number of hydrogen-bond acceptors (Lipinski definition) is 9. The van der Waals surface area contributed by atoms with E-state index in [1.165, 1.54) is 15.6 Å². The summed E-state index contributed by atoms with van der Waals surface area (Å²) < 4.78 is 42.0. The highest BCUT2D eigenvalue weighted by Crippen LogP contribution is 2.34. The van der Waals surface area contributed by atoms with E-state index in [4.69, 9.17) is 14.0 Å². The molecule has 1 aliphatic rings. The van der Waals surface area contributed by atoms with Crippen LogP contribution in [0.15, 0.2) is 40.2 Å². The van der Waals surface area contributed by atoms with Gasteiger partial charge in [0.2, 0.25) is 27.6 Å². The summed E-state index contributed by atoms with van der Waals surface area (Å²) >= 11 is 1.49. The Balaban J connectivity index is 1.30. The summed E-state index contributed by atoms with van der Waals surface area (Å²) in [6.07, 6.45) is 1.60. The van der Waals surface area contributed by atoms with Gasteiger partial charge in [-0.1, -0.05) is 11.2 Å². The molecule has 2 aromatic heterocycles. The maximum absolute atomic E-state index is 12.3. The minimum absolute atomic E-state index is 0.106. The minimum atomic E-state index is -3.54. The van der Waals surface area contributed by atoms with Gasteiger partial charge in [0.05, 0.1) is 23.4 Å². The van der Waals surface area contributed by atoms with Crippen LogP contribution in [0.1, 0.15) is 18.7 Å². The van der Waals surface area contributed by atoms with E-state index < -0.39 is 10.0 Å². The van der Waals surface area contributed by atoms with Gasteiger partial charge in [-0.25, -0.2) is 8.42 Å². The number of sulfonamides is 1. The van der Waals surface area contributed by atoms with Crippen molar-refractivity contribution in [1.82, 2.24) is 15.5 Å². The van der Waals surface area contributed by atoms with Crippen LogP contribution in [-0.4, -0.2) is 50.5 Å². The van der Waals surface area contributed by atoms with Crippen molar-refractivity contribution in [2.24, 2.45) is 0 Å². The maximum atomic E-state index is 12.3. The monoisotopic (exact) mass is 478 g/mol. The first-order chi connectivity index (χ1) is 15.4. The standard InChI is InChI=1S/C20H22N4O6S2/c1-32(26,27)24(14-6-7-15-16(12-14)29-10-9-28-15)8-2-5-18(25)21-13-19-22-20(23-30-19)17-4-3-11-31-17/h3-4,6-7,11-12H,2,5,8-10,13H2,1H3,(H,21,25). The van der Waals surface area contributed by atoms with Gasteiger partial charge in [-0.3, -0.25) is 9.10 Å². The molecule has 4 rings (SSSR count). The van der Waals surface area contributed by atoms with Crippen molar-refractivity contribution in [3.05, 3.63) is 41.6 Å². The number of amides is 1. The van der Waals surface area contributed by atoms with Gasteiger partial charge in [-0.05, 0) is 30.0 Å². The Morgan fingerprint density at radius 2 is 2.03 bits per heavy atom. The average molecular weight is 479 g/mol. The zero-order valence-corrected chi connectivity index (χ0v) is 18.9. The van der Waals surface area contributed by atoms with Crippen molar-refractivity contribution in [1.29, 1.82) is 0 Å². The summed E-state index contributed by atoms with van der Waals surface area (Å²) in [6, 6.07) is 8.75. The summed E-state index contributed by atoms with van der Waals surface area (Å²) in [6.45, 7) is 1.12. The molecule has 170 valence electrons. The lowest BCUT2D eigenvalue weighted by molar-refractivity contribution is -0.121. The van der Waals surface area contributed by atoms with Crippen LogP contribution >= 0.6 is 11.3 Å². The third kappa shape index (κ3) is 5.37. The van der Waals surface area contributed by atoms with Crippen LogP contribution in [0.2, 0.25) is 0 Å². The number of fused-ring (bicyclic) bond motifs is 1. The van der Waals surface area contributed by atoms with Crippen molar-refractivity contribution in [3.63, 3.8) is 0 Å². The van der Waals surface area contributed by atoms with Crippen LogP contribution in [0.25, 0.3) is 10.7 Å². The molecule has 1 aliphatic heterocycles. The summed E-state index contributed by atoms with van der Waals surface area (Å²) in [5.41, 5.74) is 0.462. The molecule has 0 saturated carbocycles. The molecule has 0 aliphatic carbocycles. The molecule has 10 nitrogen and oxygen atoms in total. The lowest BCUT2D eigenvalue weighted by Crippen LogP contribution is -2.32. The first-order valence-electron chi connectivity index (χ1n) is 9.91. The zero-order chi connectivity index (χ0) is 22.6. The van der Waals surface area contributed by atoms with E-state index in [2.05, 4.69) is 15.5 Å². The van der Waals surface area contributed by atoms with Crippen LogP contribution in [0, 0.1) is 0 Å². The average Bonchev–Trinajstić information content (AvgIpc) is 3.46. The van der Waals surface area contributed by atoms with E-state index in [1.807, 2.05) is 17.5 Å². The molecule has 3 heterocycles. The van der Waals surface area contributed by atoms with Gasteiger partial charge < -0.3 is 19.3 Å². The molecule has 1 N–H and O–H groups in total. The van der Waals surface area contributed by atoms with E-state index in [-0.39, 0.29) is 25.4 Å². The van der Waals surface area contributed by atoms with Gasteiger partial charge >= 0.3 is 0 Å². The van der Waals surface area contributed by atoms with E-state index in [0.29, 0.717) is 48.5 Å². The van der Waals surface area contributed by atoms with Crippen LogP contribution in [0.3, 0.4) is 0 Å². The lowest BCUT2D eigenvalue weighted by atomic mass is 10.2. The second kappa shape index (κ2) is 9.57. The van der Waals surface area contributed by atoms with Crippen molar-refractivity contribution in [2.75, 3.05) is 30.3 Å². The normalized spacial score (nSPS) is 13.0. The molecule has 0 fully saturated rings. The highest BCUT2D eigenvalue weighted by atomic mass is 32.2. The Hall–Kier alpha value is -3.12. The molecule has 0 atom stereocenters. The maximum Gasteiger partial charge on any atom is 0.246 e. The third-order valence-corrected chi connectivity index (χ3v) is 6.69. The fraction of sp³-hybridized carbons (Fsp3) is 0.350. The molecule has 0 saturated heterocycles. The SMILES string of the molecule is CS(=O)(=O)N(CCCC(=O)NCc1nc(-c2cccs2)no1)c1ccc2c(c1)OCCO2. The number of hydrogen-bond donors (Lipinski definition) is 1. The molecule has 0 radical (unpaired) electrons. The highest BCUT2D eigenvalue weighted by Gasteiger charge is 2.21. The Morgan fingerprint density at radius 3 is 2.78 bits per heavy atom. The summed E-state index contributed by atoms with van der Waals surface area (Å²) in [5.74, 6) is 1.62. The van der Waals surface area contributed by atoms with Crippen LogP contribution in [0.5, 0.6) is 11.5 Å². The zero-order valence-electron chi connectivity index (χ0n) is 17.3. The Labute approximate surface area is 189 Å². The van der Waals surface area contributed by atoms with Crippen LogP contribution in [-0.2, 0) is 21.4 Å². The van der Waals surface area contributed by atoms with Gasteiger partial charge in [0.15, 0.2) is 11.5 Å². The minimum Gasteiger partial charge on any atom is -0.486 e. The summed E-state index contributed by atoms with van der Waals surface area (Å²) in [5, 5.41) is 8.52. The van der Waals surface area contributed by atoms with E-state index >= 15 is 0 Å². The second-order valence-electron chi connectivity index (χ2n) is 7.03. The number of carbonyl (C=O) groups excluding carboxylic acids is 1. The molecule has 1 amide bonds. The molecule has 0 bridgehead atoms. The van der Waals surface area contributed by atoms with Gasteiger partial charge in [-0.2, -0.15) is 4.98 Å². The Morgan fingerprint density at radius 1 is 1.22 bits per heavy atom. The molecule has 32 heavy (non-hydrogen) atoms. The van der Waals surface area contributed by atoms with Gasteiger partial charge in [-0.15, -0.1) is 11.3 Å². The molecule has 0 unspecified atom stereocenters. The molecular weight excluding hydrogens is 456 g/mol. The van der Waals surface area contributed by atoms with Gasteiger partial charge in [0, 0.05) is 19.0 Å². The van der Waals surface area contributed by atoms with Crippen molar-refractivity contribution in [2.45, 2.75) is 19.4 Å². The smallest absolute Gasteiger partial charge is 0.246 e. The van der Waals surface area contributed by atoms with E-state index in [9.17, 15) is 13.2 Å². The van der Waals surface area contributed by atoms with E-state index in [0.717, 1.165) is 11.1 Å². The third-order valence-electron chi connectivity index (χ3n) is 4.63. The lowest BCUT2D eigenvalue weighted by Gasteiger charge is -2.25. The number of thiophene rings is 1. The summed E-state index contributed by atoms with van der Waals surface area (Å²) in [4.78, 5) is 17.3. The first-order valence-corrected chi connectivity index (χ1v) is 12.6. The number of nitrogens with zero attached hydrogens (tertiary/aromatic N) is 3. The first kappa shape index (κ1) is 22.1.